The van der Waals surface area contributed by atoms with E-state index in [-0.39, 0.29) is 11.2 Å². The molecule has 9 heteroatoms. The van der Waals surface area contributed by atoms with E-state index in [2.05, 4.69) is 25.5 Å². The normalized spacial score (nSPS) is 13.4. The zero-order chi connectivity index (χ0) is 24.2. The molecule has 1 saturated heterocycles. The minimum Gasteiger partial charge on any atom is -0.487 e. The fourth-order valence-electron chi connectivity index (χ4n) is 2.66. The summed E-state index contributed by atoms with van der Waals surface area (Å²) in [4.78, 5) is 19.0. The Morgan fingerprint density at radius 1 is 1.18 bits per heavy atom. The number of aromatic nitrogens is 4. The maximum atomic E-state index is 11.7. The molecule has 4 aromatic rings. The Labute approximate surface area is 208 Å². The lowest BCUT2D eigenvalue weighted by molar-refractivity contribution is -0.115. The highest BCUT2D eigenvalue weighted by Gasteiger charge is 2.31. The van der Waals surface area contributed by atoms with Gasteiger partial charge in [0.2, 0.25) is 5.91 Å². The first-order valence-electron chi connectivity index (χ1n) is 10.8. The van der Waals surface area contributed by atoms with Crippen molar-refractivity contribution in [3.05, 3.63) is 89.8 Å². The summed E-state index contributed by atoms with van der Waals surface area (Å²) in [5.41, 5.74) is 2.04. The van der Waals surface area contributed by atoms with Crippen LogP contribution in [0, 0.1) is 0 Å². The van der Waals surface area contributed by atoms with Crippen LogP contribution in [0.15, 0.2) is 79.3 Å². The predicted molar refractivity (Wildman–Crippen MR) is 138 cm³/mol. The molecule has 0 radical (unpaired) electrons. The Morgan fingerprint density at radius 3 is 2.50 bits per heavy atom. The van der Waals surface area contributed by atoms with Gasteiger partial charge in [0.15, 0.2) is 5.82 Å². The summed E-state index contributed by atoms with van der Waals surface area (Å²) in [5.74, 6) is 2.63. The van der Waals surface area contributed by atoms with Gasteiger partial charge in [0.1, 0.15) is 18.2 Å². The third kappa shape index (κ3) is 8.20. The number of imidazole rings is 1. The van der Waals surface area contributed by atoms with Crippen LogP contribution in [0.5, 0.6) is 5.75 Å². The van der Waals surface area contributed by atoms with Crippen molar-refractivity contribution in [1.29, 1.82) is 0 Å². The van der Waals surface area contributed by atoms with Crippen molar-refractivity contribution >= 4 is 35.1 Å². The number of thioether (sulfide) groups is 1. The van der Waals surface area contributed by atoms with Gasteiger partial charge >= 0.3 is 0 Å². The Balaban J connectivity index is 0.000000306. The molecule has 7 nitrogen and oxygen atoms in total. The van der Waals surface area contributed by atoms with E-state index in [1.165, 1.54) is 6.20 Å². The third-order valence-corrected chi connectivity index (χ3v) is 5.50. The maximum absolute atomic E-state index is 11.7. The van der Waals surface area contributed by atoms with Crippen LogP contribution >= 0.6 is 23.4 Å². The van der Waals surface area contributed by atoms with E-state index < -0.39 is 0 Å². The molecule has 1 aliphatic heterocycles. The second kappa shape index (κ2) is 13.4. The van der Waals surface area contributed by atoms with Gasteiger partial charge in [0.05, 0.1) is 11.4 Å². The average Bonchev–Trinajstić information content (AvgIpc) is 3.60. The molecule has 1 aliphatic rings. The molecule has 5 rings (SSSR count). The van der Waals surface area contributed by atoms with Gasteiger partial charge < -0.3 is 15.0 Å². The van der Waals surface area contributed by atoms with Gasteiger partial charge in [-0.1, -0.05) is 67.9 Å². The van der Waals surface area contributed by atoms with Gasteiger partial charge in [-0.2, -0.15) is 5.10 Å². The van der Waals surface area contributed by atoms with Gasteiger partial charge in [0, 0.05) is 34.8 Å². The monoisotopic (exact) mass is 495 g/mol. The fourth-order valence-corrected chi connectivity index (χ4v) is 3.26. The average molecular weight is 496 g/mol. The van der Waals surface area contributed by atoms with Crippen LogP contribution < -0.4 is 10.1 Å². The number of amides is 1. The topological polar surface area (TPSA) is 92.8 Å². The molecule has 0 bridgehead atoms. The van der Waals surface area contributed by atoms with E-state index in [0.717, 1.165) is 27.7 Å². The molecule has 1 fully saturated rings. The molecule has 0 saturated carbocycles. The van der Waals surface area contributed by atoms with Crippen LogP contribution in [0.3, 0.4) is 0 Å². The third-order valence-electron chi connectivity index (χ3n) is 4.37. The van der Waals surface area contributed by atoms with Crippen molar-refractivity contribution in [3.8, 4) is 17.1 Å². The van der Waals surface area contributed by atoms with Crippen LogP contribution in [0.1, 0.15) is 19.4 Å². The van der Waals surface area contributed by atoms with Crippen LogP contribution in [0.25, 0.3) is 11.4 Å². The summed E-state index contributed by atoms with van der Waals surface area (Å²) < 4.78 is 5.74. The summed E-state index contributed by atoms with van der Waals surface area (Å²) in [6, 6.07) is 19.1. The summed E-state index contributed by atoms with van der Waals surface area (Å²) in [7, 11) is 0. The summed E-state index contributed by atoms with van der Waals surface area (Å²) >= 11 is 7.15. The fraction of sp³-hybridized carbons (Fsp3) is 0.200. The first kappa shape index (κ1) is 25.3. The Hall–Kier alpha value is -3.36. The van der Waals surface area contributed by atoms with Crippen molar-refractivity contribution in [2.75, 3.05) is 11.1 Å². The van der Waals surface area contributed by atoms with E-state index in [1.807, 2.05) is 68.4 Å². The van der Waals surface area contributed by atoms with Crippen LogP contribution in [0.4, 0.5) is 5.82 Å². The maximum Gasteiger partial charge on any atom is 0.239 e. The molecular weight excluding hydrogens is 470 g/mol. The zero-order valence-corrected chi connectivity index (χ0v) is 20.5. The number of hydrogen-bond donors (Lipinski definition) is 2. The Morgan fingerprint density at radius 2 is 1.91 bits per heavy atom. The largest absolute Gasteiger partial charge is 0.487 e. The molecule has 34 heavy (non-hydrogen) atoms. The SMILES string of the molecule is CC.Clc1ccccc1.O=C(Nc1cc(OCc2ccc(-c3ncc[nH]3)cc2)cnn1)C1CS1. The molecule has 0 aliphatic carbocycles. The summed E-state index contributed by atoms with van der Waals surface area (Å²) in [6.07, 6.45) is 5.04. The zero-order valence-electron chi connectivity index (χ0n) is 18.9. The number of carbonyl (C=O) groups excluding carboxylic acids is 1. The lowest BCUT2D eigenvalue weighted by Gasteiger charge is -2.08. The molecule has 0 spiro atoms. The first-order chi connectivity index (χ1) is 16.7. The van der Waals surface area contributed by atoms with E-state index in [0.29, 0.717) is 18.2 Å². The number of halogens is 1. The molecule has 2 N–H and O–H groups in total. The number of anilines is 1. The van der Waals surface area contributed by atoms with E-state index in [9.17, 15) is 4.79 Å². The summed E-state index contributed by atoms with van der Waals surface area (Å²) in [5, 5.41) is 11.3. The van der Waals surface area contributed by atoms with Gasteiger partial charge in [0.25, 0.3) is 0 Å². The lowest BCUT2D eigenvalue weighted by atomic mass is 10.1. The number of nitrogens with one attached hydrogen (secondary N) is 2. The van der Waals surface area contributed by atoms with E-state index >= 15 is 0 Å². The number of carbonyl (C=O) groups is 1. The highest BCUT2D eigenvalue weighted by atomic mass is 35.5. The minimum absolute atomic E-state index is 0.0371. The highest BCUT2D eigenvalue weighted by molar-refractivity contribution is 8.07. The predicted octanol–water partition coefficient (Wildman–Crippen LogP) is 5.87. The molecule has 3 heterocycles. The lowest BCUT2D eigenvalue weighted by Crippen LogP contribution is -2.18. The number of H-pyrrole nitrogens is 1. The second-order valence-corrected chi connectivity index (χ2v) is 8.48. The molecular formula is C25H26ClN5O2S. The Bertz CT molecular complexity index is 1140. The molecule has 2 aromatic carbocycles. The molecule has 176 valence electrons. The smallest absolute Gasteiger partial charge is 0.239 e. The van der Waals surface area contributed by atoms with E-state index in [4.69, 9.17) is 16.3 Å². The second-order valence-electron chi connectivity index (χ2n) is 6.81. The highest BCUT2D eigenvalue weighted by Crippen LogP contribution is 2.31. The quantitative estimate of drug-likeness (QED) is 0.325. The molecule has 1 amide bonds. The van der Waals surface area contributed by atoms with Gasteiger partial charge in [-0.3, -0.25) is 4.79 Å². The van der Waals surface area contributed by atoms with Crippen molar-refractivity contribution in [3.63, 3.8) is 0 Å². The van der Waals surface area contributed by atoms with Gasteiger partial charge in [-0.15, -0.1) is 16.9 Å². The van der Waals surface area contributed by atoms with Crippen molar-refractivity contribution in [2.24, 2.45) is 0 Å². The van der Waals surface area contributed by atoms with Crippen LogP contribution in [0.2, 0.25) is 5.02 Å². The molecule has 2 aromatic heterocycles. The minimum atomic E-state index is -0.0371. The van der Waals surface area contributed by atoms with E-state index in [1.54, 1.807) is 30.2 Å². The van der Waals surface area contributed by atoms with Crippen molar-refractivity contribution in [1.82, 2.24) is 20.2 Å². The molecule has 1 atom stereocenters. The number of hydrogen-bond acceptors (Lipinski definition) is 6. The number of benzene rings is 2. The van der Waals surface area contributed by atoms with Gasteiger partial charge in [-0.05, 0) is 17.7 Å². The van der Waals surface area contributed by atoms with Crippen LogP contribution in [-0.4, -0.2) is 37.1 Å². The standard InChI is InChI=1S/C17H15N5O2S.C6H5Cl.C2H6/c23-17(14-10-25-14)21-15-7-13(8-20-22-15)24-9-11-1-3-12(4-2-11)16-18-5-6-19-16;7-6-4-2-1-3-5-6;1-2/h1-8,14H,9-10H2,(H,18,19)(H,21,22,23);1-5H;1-2H3. The number of rotatable bonds is 6. The number of aromatic amines is 1. The number of nitrogens with zero attached hydrogens (tertiary/aromatic N) is 3. The van der Waals surface area contributed by atoms with Gasteiger partial charge in [-0.25, -0.2) is 4.98 Å². The molecule has 1 unspecified atom stereocenters. The van der Waals surface area contributed by atoms with Crippen LogP contribution in [-0.2, 0) is 11.4 Å². The van der Waals surface area contributed by atoms with Crippen molar-refractivity contribution < 1.29 is 9.53 Å². The van der Waals surface area contributed by atoms with Crippen molar-refractivity contribution in [2.45, 2.75) is 25.7 Å². The summed E-state index contributed by atoms with van der Waals surface area (Å²) in [6.45, 7) is 4.40. The Kier molecular flexibility index (Phi) is 9.94. The number of ether oxygens (including phenoxy) is 1. The first-order valence-corrected chi connectivity index (χ1v) is 12.3.